The van der Waals surface area contributed by atoms with Crippen LogP contribution in [0.4, 0.5) is 10.6 Å². The molecule has 5 rings (SSSR count). The molecule has 1 aromatic carbocycles. The van der Waals surface area contributed by atoms with Crippen LogP contribution in [0.15, 0.2) is 66.0 Å². The van der Waals surface area contributed by atoms with Gasteiger partial charge in [0.1, 0.15) is 17.6 Å². The Kier molecular flexibility index (Phi) is 8.92. The van der Waals surface area contributed by atoms with Gasteiger partial charge in [-0.25, -0.2) is 18.9 Å². The number of carbonyl (C=O) groups excluding carboxylic acids is 2. The molecule has 0 spiro atoms. The summed E-state index contributed by atoms with van der Waals surface area (Å²) in [4.78, 5) is 46.7. The molecule has 2 aliphatic rings. The lowest BCUT2D eigenvalue weighted by molar-refractivity contribution is -0.146. The van der Waals surface area contributed by atoms with Crippen molar-refractivity contribution in [1.82, 2.24) is 29.3 Å². The summed E-state index contributed by atoms with van der Waals surface area (Å²) in [7, 11) is -3.07. The van der Waals surface area contributed by atoms with Crippen molar-refractivity contribution in [2.75, 3.05) is 37.6 Å². The molecule has 2 saturated heterocycles. The van der Waals surface area contributed by atoms with Crippen LogP contribution >= 0.6 is 0 Å². The topological polar surface area (TPSA) is 167 Å². The zero-order valence-electron chi connectivity index (χ0n) is 23.6. The fraction of sp³-hybridized carbons (Fsp3) is 0.393. The molecule has 0 bridgehead atoms. The Morgan fingerprint density at radius 3 is 2.42 bits per heavy atom. The Morgan fingerprint density at radius 1 is 1.09 bits per heavy atom. The van der Waals surface area contributed by atoms with Crippen molar-refractivity contribution in [2.24, 2.45) is 7.05 Å². The number of carboxylic acids is 1. The van der Waals surface area contributed by atoms with Gasteiger partial charge in [-0.05, 0) is 55.3 Å². The predicted octanol–water partition coefficient (Wildman–Crippen LogP) is 1.10. The summed E-state index contributed by atoms with van der Waals surface area (Å²) in [5, 5.41) is 16.6. The minimum Gasteiger partial charge on any atom is -0.480 e. The number of anilines is 1. The fourth-order valence-corrected chi connectivity index (χ4v) is 6.66. The SMILES string of the molecule is Cn1ccc(S(=O)(=O)N(C(=O)[C@@H]2CCCN2)[C@@H](Cc2ccc(OC(=O)N3CCN(c4ccccn4)CC3)cc2)C(=O)O)n1. The van der Waals surface area contributed by atoms with E-state index in [9.17, 15) is 27.9 Å². The fourth-order valence-electron chi connectivity index (χ4n) is 5.13. The van der Waals surface area contributed by atoms with E-state index in [-0.39, 0.29) is 12.2 Å². The van der Waals surface area contributed by atoms with Crippen molar-refractivity contribution in [3.05, 3.63) is 66.5 Å². The number of nitrogens with zero attached hydrogens (tertiary/aromatic N) is 6. The zero-order valence-corrected chi connectivity index (χ0v) is 24.4. The van der Waals surface area contributed by atoms with Crippen molar-refractivity contribution in [3.63, 3.8) is 0 Å². The van der Waals surface area contributed by atoms with E-state index in [0.717, 1.165) is 5.82 Å². The lowest BCUT2D eigenvalue weighted by atomic mass is 10.0. The smallest absolute Gasteiger partial charge is 0.415 e. The van der Waals surface area contributed by atoms with E-state index < -0.39 is 45.1 Å². The number of hydrogen-bond acceptors (Lipinski definition) is 10. The number of amides is 2. The molecular formula is C28H33N7O7S. The van der Waals surface area contributed by atoms with Crippen molar-refractivity contribution in [3.8, 4) is 5.75 Å². The van der Waals surface area contributed by atoms with Crippen LogP contribution in [0.2, 0.25) is 0 Å². The van der Waals surface area contributed by atoms with E-state index in [4.69, 9.17) is 4.74 Å². The van der Waals surface area contributed by atoms with E-state index in [1.54, 1.807) is 23.2 Å². The highest BCUT2D eigenvalue weighted by Gasteiger charge is 2.44. The molecular weight excluding hydrogens is 578 g/mol. The molecule has 15 heteroatoms. The number of ether oxygens (including phenoxy) is 1. The number of hydrogen-bond donors (Lipinski definition) is 2. The second kappa shape index (κ2) is 12.8. The van der Waals surface area contributed by atoms with Crippen LogP contribution in [-0.2, 0) is 33.1 Å². The standard InChI is InChI=1S/C28H33N7O7S/c1-32-14-11-25(31-32)43(40,41)35(26(36)22-5-4-13-29-22)23(27(37)38)19-20-7-9-21(10-8-20)42-28(39)34-17-15-33(16-18-34)24-6-2-3-12-30-24/h2-3,6-12,14,22-23,29H,4-5,13,15-19H2,1H3,(H,37,38)/t22-,23-/m0/s1. The maximum Gasteiger partial charge on any atom is 0.415 e. The molecule has 3 aromatic rings. The van der Waals surface area contributed by atoms with Gasteiger partial charge in [0, 0.05) is 52.0 Å². The first-order valence-corrected chi connectivity index (χ1v) is 15.3. The predicted molar refractivity (Wildman–Crippen MR) is 154 cm³/mol. The molecule has 0 saturated carbocycles. The Hall–Kier alpha value is -4.50. The number of rotatable bonds is 9. The van der Waals surface area contributed by atoms with Gasteiger partial charge in [0.2, 0.25) is 0 Å². The number of aliphatic carboxylic acids is 1. The van der Waals surface area contributed by atoms with E-state index in [2.05, 4.69) is 20.3 Å². The first kappa shape index (κ1) is 30.0. The number of sulfonamides is 1. The van der Waals surface area contributed by atoms with Gasteiger partial charge in [0.15, 0.2) is 5.03 Å². The van der Waals surface area contributed by atoms with Crippen LogP contribution in [0.3, 0.4) is 0 Å². The molecule has 43 heavy (non-hydrogen) atoms. The highest BCUT2D eigenvalue weighted by Crippen LogP contribution is 2.24. The lowest BCUT2D eigenvalue weighted by Crippen LogP contribution is -2.54. The Morgan fingerprint density at radius 2 is 1.84 bits per heavy atom. The molecule has 2 aliphatic heterocycles. The van der Waals surface area contributed by atoms with Crippen molar-refractivity contribution < 1.29 is 32.6 Å². The van der Waals surface area contributed by atoms with Crippen molar-refractivity contribution in [1.29, 1.82) is 0 Å². The third-order valence-corrected chi connectivity index (χ3v) is 9.12. The monoisotopic (exact) mass is 611 g/mol. The van der Waals surface area contributed by atoms with Gasteiger partial charge in [-0.15, -0.1) is 0 Å². The molecule has 0 radical (unpaired) electrons. The average molecular weight is 612 g/mol. The average Bonchev–Trinajstić information content (AvgIpc) is 3.71. The largest absolute Gasteiger partial charge is 0.480 e. The number of aromatic nitrogens is 3. The van der Waals surface area contributed by atoms with Crippen LogP contribution in [0.1, 0.15) is 18.4 Å². The molecule has 2 amide bonds. The van der Waals surface area contributed by atoms with Gasteiger partial charge in [-0.1, -0.05) is 18.2 Å². The zero-order chi connectivity index (χ0) is 30.6. The van der Waals surface area contributed by atoms with Gasteiger partial charge in [-0.2, -0.15) is 13.5 Å². The third-order valence-electron chi connectivity index (χ3n) is 7.42. The van der Waals surface area contributed by atoms with Crippen molar-refractivity contribution >= 4 is 33.8 Å². The number of piperazine rings is 1. The van der Waals surface area contributed by atoms with Crippen LogP contribution < -0.4 is 15.0 Å². The van der Waals surface area contributed by atoms with Gasteiger partial charge in [-0.3, -0.25) is 9.48 Å². The van der Waals surface area contributed by atoms with Gasteiger partial charge >= 0.3 is 12.1 Å². The Labute approximate surface area is 248 Å². The van der Waals surface area contributed by atoms with E-state index in [1.165, 1.54) is 36.1 Å². The summed E-state index contributed by atoms with van der Waals surface area (Å²) < 4.78 is 34.4. The summed E-state index contributed by atoms with van der Waals surface area (Å²) in [6.45, 7) is 2.64. The summed E-state index contributed by atoms with van der Waals surface area (Å²) in [6, 6.07) is 10.4. The van der Waals surface area contributed by atoms with Gasteiger partial charge < -0.3 is 25.0 Å². The van der Waals surface area contributed by atoms with Crippen molar-refractivity contribution in [2.45, 2.75) is 36.4 Å². The maximum absolute atomic E-state index is 13.6. The van der Waals surface area contributed by atoms with Gasteiger partial charge in [0.05, 0.1) is 6.04 Å². The maximum atomic E-state index is 13.6. The molecule has 0 aliphatic carbocycles. The van der Waals surface area contributed by atoms with Crippen LogP contribution in [0.5, 0.6) is 5.75 Å². The lowest BCUT2D eigenvalue weighted by Gasteiger charge is -2.34. The molecule has 14 nitrogen and oxygen atoms in total. The van der Waals surface area contributed by atoms with E-state index in [0.29, 0.717) is 55.4 Å². The highest BCUT2D eigenvalue weighted by molar-refractivity contribution is 7.89. The number of benzene rings is 1. The minimum atomic E-state index is -4.59. The van der Waals surface area contributed by atoms with Crippen LogP contribution in [0, 0.1) is 0 Å². The normalized spacial score (nSPS) is 17.8. The minimum absolute atomic E-state index is 0.247. The molecule has 4 heterocycles. The molecule has 2 aromatic heterocycles. The van der Waals surface area contributed by atoms with Gasteiger partial charge in [0.25, 0.3) is 15.9 Å². The third kappa shape index (κ3) is 6.78. The molecule has 228 valence electrons. The number of carbonyl (C=O) groups is 3. The molecule has 2 N–H and O–H groups in total. The first-order chi connectivity index (χ1) is 20.6. The van der Waals surface area contributed by atoms with E-state index >= 15 is 0 Å². The Bertz CT molecular complexity index is 1550. The number of pyridine rings is 1. The molecule has 0 unspecified atom stereocenters. The first-order valence-electron chi connectivity index (χ1n) is 13.9. The molecule has 2 atom stereocenters. The van der Waals surface area contributed by atoms with E-state index in [1.807, 2.05) is 18.2 Å². The number of aryl methyl sites for hydroxylation is 1. The molecule has 2 fully saturated rings. The number of carboxylic acid groups (broad SMARTS) is 1. The Balaban J connectivity index is 1.27. The number of nitrogens with one attached hydrogen (secondary N) is 1. The van der Waals surface area contributed by atoms with Crippen LogP contribution in [0.25, 0.3) is 0 Å². The van der Waals surface area contributed by atoms with Crippen LogP contribution in [-0.4, -0.2) is 100 Å². The summed E-state index contributed by atoms with van der Waals surface area (Å²) in [5.74, 6) is -1.23. The summed E-state index contributed by atoms with van der Waals surface area (Å²) in [6.07, 6.45) is 3.35. The quantitative estimate of drug-likeness (QED) is 0.356. The second-order valence-electron chi connectivity index (χ2n) is 10.3. The summed E-state index contributed by atoms with van der Waals surface area (Å²) >= 11 is 0. The highest BCUT2D eigenvalue weighted by atomic mass is 32.2. The summed E-state index contributed by atoms with van der Waals surface area (Å²) in [5.41, 5.74) is 0.435. The second-order valence-corrected chi connectivity index (χ2v) is 12.1.